The quantitative estimate of drug-likeness (QED) is 0.278. The van der Waals surface area contributed by atoms with Gasteiger partial charge >= 0.3 is 0 Å². The topological polar surface area (TPSA) is 24.4 Å². The fourth-order valence-electron chi connectivity index (χ4n) is 0.0488. The van der Waals surface area contributed by atoms with Crippen LogP contribution in [0.15, 0.2) is 5.10 Å². The molecule has 0 aliphatic heterocycles. The molecule has 5 heavy (non-hydrogen) atoms. The van der Waals surface area contributed by atoms with Crippen LogP contribution in [0.3, 0.4) is 0 Å². The number of hydrazone groups is 1. The molecule has 0 fully saturated rings. The van der Waals surface area contributed by atoms with Gasteiger partial charge in [-0.05, 0) is 6.92 Å². The zero-order valence-corrected chi connectivity index (χ0v) is 5.06. The Hall–Kier alpha value is 0.200. The normalized spacial score (nSPS) is 9.20. The summed E-state index contributed by atoms with van der Waals surface area (Å²) in [7, 11) is 0. The molecule has 0 aromatic carbocycles. The molecule has 2 nitrogen and oxygen atoms in total. The number of halogens is 1. The minimum Gasteiger partial charge on any atom is -0.250 e. The van der Waals surface area contributed by atoms with Crippen LogP contribution < -0.4 is 3.64 Å². The summed E-state index contributed by atoms with van der Waals surface area (Å²) in [5.41, 5.74) is 0. The molecule has 0 unspecified atom stereocenters. The predicted octanol–water partition coefficient (Wildman–Crippen LogP) is 0.932. The van der Waals surface area contributed by atoms with E-state index in [1.807, 2.05) is 29.8 Å². The molecule has 0 heterocycles. The van der Waals surface area contributed by atoms with Crippen LogP contribution in [-0.2, 0) is 0 Å². The van der Waals surface area contributed by atoms with Gasteiger partial charge in [0.15, 0.2) is 0 Å². The van der Waals surface area contributed by atoms with Gasteiger partial charge in [-0.25, -0.2) is 0 Å². The average molecular weight is 184 g/mol. The minimum absolute atomic E-state index is 1.69. The van der Waals surface area contributed by atoms with Crippen molar-refractivity contribution in [1.82, 2.24) is 3.64 Å². The molecule has 0 atom stereocenters. The van der Waals surface area contributed by atoms with Crippen molar-refractivity contribution in [3.8, 4) is 0 Å². The van der Waals surface area contributed by atoms with Crippen molar-refractivity contribution < 1.29 is 0 Å². The molecule has 0 aliphatic rings. The monoisotopic (exact) mass is 184 g/mol. The predicted molar refractivity (Wildman–Crippen MR) is 31.3 cm³/mol. The summed E-state index contributed by atoms with van der Waals surface area (Å²) >= 11 is 1.94. The van der Waals surface area contributed by atoms with Crippen molar-refractivity contribution in [2.24, 2.45) is 5.10 Å². The molecule has 30 valence electrons. The van der Waals surface area contributed by atoms with Crippen LogP contribution in [0.1, 0.15) is 6.92 Å². The zero-order valence-electron chi connectivity index (χ0n) is 2.90. The summed E-state index contributed by atoms with van der Waals surface area (Å²) in [6.45, 7) is 1.85. The maximum atomic E-state index is 3.58. The molecule has 0 bridgehead atoms. The minimum atomic E-state index is 1.69. The second kappa shape index (κ2) is 4.20. The van der Waals surface area contributed by atoms with Gasteiger partial charge in [-0.2, -0.15) is 5.10 Å². The Kier molecular flexibility index (Phi) is 4.37. The largest absolute Gasteiger partial charge is 0.250 e. The number of nitrogens with one attached hydrogen (secondary N) is 1. The Morgan fingerprint density at radius 3 is 2.60 bits per heavy atom. The molecule has 0 amide bonds. The van der Waals surface area contributed by atoms with E-state index < -0.39 is 0 Å². The Bertz CT molecular complexity index is 34.6. The first kappa shape index (κ1) is 5.20. The molecular formula is C2H5IN2. The van der Waals surface area contributed by atoms with Gasteiger partial charge in [0.25, 0.3) is 0 Å². The van der Waals surface area contributed by atoms with E-state index in [9.17, 15) is 0 Å². The second-order valence-electron chi connectivity index (χ2n) is 0.472. The number of nitrogens with zero attached hydrogens (tertiary/aromatic N) is 1. The number of hydrogen-bond acceptors (Lipinski definition) is 2. The van der Waals surface area contributed by atoms with E-state index in [0.717, 1.165) is 0 Å². The second-order valence-corrected chi connectivity index (χ2v) is 0.954. The smallest absolute Gasteiger partial charge is 0.0750 e. The van der Waals surface area contributed by atoms with Gasteiger partial charge in [-0.3, -0.25) is 3.64 Å². The molecule has 0 radical (unpaired) electrons. The molecule has 0 aromatic heterocycles. The van der Waals surface area contributed by atoms with E-state index in [2.05, 4.69) is 8.74 Å². The first-order chi connectivity index (χ1) is 2.41. The Balaban J connectivity index is 2.62. The maximum absolute atomic E-state index is 3.58. The lowest BCUT2D eigenvalue weighted by molar-refractivity contribution is 1.18. The fraction of sp³-hybridized carbons (Fsp3) is 0.500. The lowest BCUT2D eigenvalue weighted by atomic mass is 10.9. The summed E-state index contributed by atoms with van der Waals surface area (Å²) in [4.78, 5) is 0. The standard InChI is InChI=1S/C2H5IN2/c1-2-4-5-3/h2,5H,1H3/b4-2-. The summed E-state index contributed by atoms with van der Waals surface area (Å²) in [5, 5.41) is 3.58. The molecule has 0 saturated carbocycles. The van der Waals surface area contributed by atoms with Crippen molar-refractivity contribution in [2.45, 2.75) is 6.92 Å². The number of hydrogen-bond donors (Lipinski definition) is 1. The average Bonchev–Trinajstić information content (AvgIpc) is 1.41. The van der Waals surface area contributed by atoms with Crippen molar-refractivity contribution in [2.75, 3.05) is 0 Å². The van der Waals surface area contributed by atoms with Crippen molar-refractivity contribution in [3.63, 3.8) is 0 Å². The zero-order chi connectivity index (χ0) is 4.12. The van der Waals surface area contributed by atoms with Gasteiger partial charge < -0.3 is 0 Å². The van der Waals surface area contributed by atoms with Crippen molar-refractivity contribution in [1.29, 1.82) is 0 Å². The van der Waals surface area contributed by atoms with Crippen LogP contribution in [0, 0.1) is 0 Å². The SMILES string of the molecule is C/C=N\NI. The van der Waals surface area contributed by atoms with Gasteiger partial charge in [-0.15, -0.1) is 0 Å². The van der Waals surface area contributed by atoms with E-state index in [0.29, 0.717) is 0 Å². The van der Waals surface area contributed by atoms with Crippen LogP contribution in [-0.4, -0.2) is 6.21 Å². The maximum Gasteiger partial charge on any atom is 0.0750 e. The van der Waals surface area contributed by atoms with Gasteiger partial charge in [0.05, 0.1) is 22.9 Å². The van der Waals surface area contributed by atoms with Gasteiger partial charge in [-0.1, -0.05) is 0 Å². The highest BCUT2D eigenvalue weighted by atomic mass is 127. The summed E-state index contributed by atoms with van der Waals surface area (Å²) < 4.78 is 2.56. The first-order valence-corrected chi connectivity index (χ1v) is 2.33. The van der Waals surface area contributed by atoms with Crippen LogP contribution in [0.25, 0.3) is 0 Å². The Labute approximate surface area is 45.1 Å². The molecular weight excluding hydrogens is 179 g/mol. The van der Waals surface area contributed by atoms with Crippen molar-refractivity contribution >= 4 is 29.1 Å². The van der Waals surface area contributed by atoms with E-state index in [1.165, 1.54) is 0 Å². The molecule has 0 saturated heterocycles. The van der Waals surface area contributed by atoms with E-state index >= 15 is 0 Å². The van der Waals surface area contributed by atoms with Crippen molar-refractivity contribution in [3.05, 3.63) is 0 Å². The first-order valence-electron chi connectivity index (χ1n) is 1.25. The lowest BCUT2D eigenvalue weighted by Gasteiger charge is -1.72. The molecule has 3 heteroatoms. The van der Waals surface area contributed by atoms with E-state index in [-0.39, 0.29) is 0 Å². The van der Waals surface area contributed by atoms with Gasteiger partial charge in [0, 0.05) is 6.21 Å². The summed E-state index contributed by atoms with van der Waals surface area (Å²) in [5.74, 6) is 0. The number of rotatable bonds is 1. The van der Waals surface area contributed by atoms with E-state index in [4.69, 9.17) is 0 Å². The molecule has 1 N–H and O–H groups in total. The summed E-state index contributed by atoms with van der Waals surface area (Å²) in [6.07, 6.45) is 1.69. The molecule has 0 rings (SSSR count). The molecule has 0 spiro atoms. The van der Waals surface area contributed by atoms with Crippen LogP contribution >= 0.6 is 22.9 Å². The lowest BCUT2D eigenvalue weighted by Crippen LogP contribution is -1.78. The summed E-state index contributed by atoms with van der Waals surface area (Å²) in [6, 6.07) is 0. The highest BCUT2D eigenvalue weighted by molar-refractivity contribution is 14.1. The Morgan fingerprint density at radius 1 is 2.00 bits per heavy atom. The van der Waals surface area contributed by atoms with Crippen LogP contribution in [0.2, 0.25) is 0 Å². The highest BCUT2D eigenvalue weighted by Gasteiger charge is 1.47. The van der Waals surface area contributed by atoms with Crippen LogP contribution in [0.5, 0.6) is 0 Å². The van der Waals surface area contributed by atoms with Crippen LogP contribution in [0.4, 0.5) is 0 Å². The molecule has 0 aromatic rings. The molecule has 0 aliphatic carbocycles. The third kappa shape index (κ3) is 4.20. The highest BCUT2D eigenvalue weighted by Crippen LogP contribution is 1.62. The third-order valence-corrected chi connectivity index (χ3v) is 0.456. The van der Waals surface area contributed by atoms with E-state index in [1.54, 1.807) is 6.21 Å². The Morgan fingerprint density at radius 2 is 2.60 bits per heavy atom. The fourth-order valence-corrected chi connectivity index (χ4v) is 0.327. The van der Waals surface area contributed by atoms with Gasteiger partial charge in [0.2, 0.25) is 0 Å². The third-order valence-electron chi connectivity index (χ3n) is 0.178. The van der Waals surface area contributed by atoms with Gasteiger partial charge in [0.1, 0.15) is 0 Å².